The third-order valence-corrected chi connectivity index (χ3v) is 1.70. The van der Waals surface area contributed by atoms with Crippen molar-refractivity contribution in [2.45, 2.75) is 13.3 Å². The normalized spacial score (nSPS) is 7.69. The summed E-state index contributed by atoms with van der Waals surface area (Å²) in [5, 5.41) is 2.75. The molecule has 0 atom stereocenters. The molecule has 1 N–H and O–H groups in total. The van der Waals surface area contributed by atoms with E-state index in [1.165, 1.54) is 5.56 Å². The minimum atomic E-state index is 0. The summed E-state index contributed by atoms with van der Waals surface area (Å²) in [5.74, 6) is 0. The van der Waals surface area contributed by atoms with Crippen molar-refractivity contribution in [2.75, 3.05) is 14.1 Å². The van der Waals surface area contributed by atoms with Crippen LogP contribution >= 0.6 is 0 Å². The van der Waals surface area contributed by atoms with Crippen LogP contribution in [0.15, 0.2) is 54.6 Å². The van der Waals surface area contributed by atoms with Crippen LogP contribution in [0, 0.1) is 0 Å². The molecule has 1 nitrogen and oxygen atoms in total. The summed E-state index contributed by atoms with van der Waals surface area (Å²) in [6, 6.07) is 18.4. The number of rotatable bonds is 1. The molecule has 0 saturated heterocycles. The third kappa shape index (κ3) is 11.3. The average molecular weight is 259 g/mol. The van der Waals surface area contributed by atoms with Crippen LogP contribution in [0.2, 0.25) is 0 Å². The van der Waals surface area contributed by atoms with Gasteiger partial charge in [-0.25, -0.2) is 12.1 Å². The number of aryl methyl sites for hydroxylation is 1. The largest absolute Gasteiger partial charge is 0.748 e. The van der Waals surface area contributed by atoms with E-state index in [0.29, 0.717) is 0 Å². The minimum absolute atomic E-state index is 0. The van der Waals surface area contributed by atoms with E-state index in [9.17, 15) is 0 Å². The quantitative estimate of drug-likeness (QED) is 0.612. The van der Waals surface area contributed by atoms with Crippen molar-refractivity contribution in [3.8, 4) is 0 Å². The van der Waals surface area contributed by atoms with Gasteiger partial charge in [-0.2, -0.15) is 17.7 Å². The zero-order valence-electron chi connectivity index (χ0n) is 10.3. The molecular weight excluding hydrogens is 238 g/mol. The molecule has 2 rings (SSSR count). The molecule has 0 amide bonds. The van der Waals surface area contributed by atoms with Crippen LogP contribution in [0.3, 0.4) is 0 Å². The molecule has 0 spiro atoms. The molecule has 0 aliphatic carbocycles. The van der Waals surface area contributed by atoms with Crippen LogP contribution in [0.5, 0.6) is 0 Å². The Morgan fingerprint density at radius 3 is 1.44 bits per heavy atom. The second-order valence-electron chi connectivity index (χ2n) is 3.11. The van der Waals surface area contributed by atoms with Gasteiger partial charge in [-0.3, -0.25) is 0 Å². The number of hydrogen-bond donors (Lipinski definition) is 1. The van der Waals surface area contributed by atoms with E-state index in [-0.39, 0.29) is 17.1 Å². The summed E-state index contributed by atoms with van der Waals surface area (Å²) in [6.07, 6.45) is 1.16. The van der Waals surface area contributed by atoms with E-state index < -0.39 is 0 Å². The van der Waals surface area contributed by atoms with Gasteiger partial charge in [0.05, 0.1) is 0 Å². The van der Waals surface area contributed by atoms with E-state index in [1.54, 1.807) is 0 Å². The standard InChI is InChI=1S/C7H9.C5H5.C2H7N.Fe/c1-2-7-5-3-4-6-7;1-2-4-5-3-1;1-3-2;/h3-6H,2H2,1H3;1-5H;3H,1-2H3;/q-1;-5;;. The fourth-order valence-electron chi connectivity index (χ4n) is 0.970. The number of nitrogens with one attached hydrogen (secondary N) is 1. The molecular formula is C14H21FeN-6. The predicted octanol–water partition coefficient (Wildman–Crippen LogP) is 3.21. The Hall–Kier alpha value is -0.821. The van der Waals surface area contributed by atoms with Gasteiger partial charge < -0.3 is 35.6 Å². The van der Waals surface area contributed by atoms with E-state index in [0.717, 1.165) is 6.42 Å². The summed E-state index contributed by atoms with van der Waals surface area (Å²) >= 11 is 0. The van der Waals surface area contributed by atoms with Crippen molar-refractivity contribution in [3.05, 3.63) is 60.2 Å². The number of hydrogen-bond acceptors (Lipinski definition) is 1. The molecule has 16 heavy (non-hydrogen) atoms. The molecule has 0 bridgehead atoms. The topological polar surface area (TPSA) is 12.0 Å². The van der Waals surface area contributed by atoms with Crippen molar-refractivity contribution in [1.29, 1.82) is 0 Å². The molecule has 0 aliphatic rings. The molecule has 2 aromatic carbocycles. The van der Waals surface area contributed by atoms with Crippen molar-refractivity contribution < 1.29 is 17.1 Å². The molecule has 0 aliphatic heterocycles. The summed E-state index contributed by atoms with van der Waals surface area (Å²) in [5.41, 5.74) is 1.43. The Morgan fingerprint density at radius 1 is 0.938 bits per heavy atom. The van der Waals surface area contributed by atoms with Gasteiger partial charge in [-0.05, 0) is 14.1 Å². The molecule has 0 unspecified atom stereocenters. The second-order valence-corrected chi connectivity index (χ2v) is 3.11. The fraction of sp³-hybridized carbons (Fsp3) is 0.286. The Labute approximate surface area is 110 Å². The van der Waals surface area contributed by atoms with E-state index in [2.05, 4.69) is 36.5 Å². The van der Waals surface area contributed by atoms with Crippen LogP contribution < -0.4 is 5.32 Å². The van der Waals surface area contributed by atoms with E-state index >= 15 is 0 Å². The van der Waals surface area contributed by atoms with Gasteiger partial charge in [0.25, 0.3) is 0 Å². The van der Waals surface area contributed by atoms with Gasteiger partial charge in [0.1, 0.15) is 0 Å². The smallest absolute Gasteiger partial charge is 0 e. The first-order valence-electron chi connectivity index (χ1n) is 5.30. The average Bonchev–Trinajstić information content (AvgIpc) is 2.96. The van der Waals surface area contributed by atoms with Crippen LogP contribution in [-0.4, -0.2) is 14.1 Å². The molecule has 0 fully saturated rings. The summed E-state index contributed by atoms with van der Waals surface area (Å²) in [7, 11) is 3.75. The maximum Gasteiger partial charge on any atom is 0 e. The van der Waals surface area contributed by atoms with Gasteiger partial charge in [0.15, 0.2) is 0 Å². The predicted molar refractivity (Wildman–Crippen MR) is 68.4 cm³/mol. The Balaban J connectivity index is 0. The maximum atomic E-state index is 2.75. The van der Waals surface area contributed by atoms with Crippen molar-refractivity contribution in [2.24, 2.45) is 0 Å². The molecule has 0 radical (unpaired) electrons. The van der Waals surface area contributed by atoms with Crippen LogP contribution in [0.25, 0.3) is 0 Å². The molecule has 2 heteroatoms. The summed E-state index contributed by atoms with van der Waals surface area (Å²) < 4.78 is 0. The van der Waals surface area contributed by atoms with Crippen molar-refractivity contribution in [1.82, 2.24) is 5.32 Å². The molecule has 0 saturated carbocycles. The Morgan fingerprint density at radius 2 is 1.25 bits per heavy atom. The van der Waals surface area contributed by atoms with Gasteiger partial charge in [-0.15, -0.1) is 0 Å². The van der Waals surface area contributed by atoms with Gasteiger partial charge in [0.2, 0.25) is 0 Å². The van der Waals surface area contributed by atoms with Gasteiger partial charge in [-0.1, -0.05) is 13.3 Å². The van der Waals surface area contributed by atoms with Crippen molar-refractivity contribution >= 4 is 0 Å². The monoisotopic (exact) mass is 259 g/mol. The van der Waals surface area contributed by atoms with Crippen molar-refractivity contribution in [3.63, 3.8) is 0 Å². The van der Waals surface area contributed by atoms with Gasteiger partial charge in [0, 0.05) is 17.1 Å². The maximum absolute atomic E-state index is 2.75. The fourth-order valence-corrected chi connectivity index (χ4v) is 0.970. The Kier molecular flexibility index (Phi) is 15.6. The van der Waals surface area contributed by atoms with Crippen LogP contribution in [-0.2, 0) is 23.5 Å². The first-order valence-corrected chi connectivity index (χ1v) is 5.30. The third-order valence-electron chi connectivity index (χ3n) is 1.70. The SMILES string of the molecule is CC[c-]1cccc1.CNC.[Fe].[cH-]1[cH-][cH-][cH-][cH-]1. The first kappa shape index (κ1) is 17.6. The van der Waals surface area contributed by atoms with Gasteiger partial charge >= 0.3 is 0 Å². The zero-order chi connectivity index (χ0) is 11.4. The molecule has 2 aromatic rings. The van der Waals surface area contributed by atoms with Crippen LogP contribution in [0.1, 0.15) is 12.5 Å². The zero-order valence-corrected chi connectivity index (χ0v) is 11.4. The minimum Gasteiger partial charge on any atom is -0.748 e. The molecule has 0 aromatic heterocycles. The van der Waals surface area contributed by atoms with E-state index in [1.807, 2.05) is 44.4 Å². The van der Waals surface area contributed by atoms with E-state index in [4.69, 9.17) is 0 Å². The summed E-state index contributed by atoms with van der Waals surface area (Å²) in [6.45, 7) is 2.16. The van der Waals surface area contributed by atoms with Crippen LogP contribution in [0.4, 0.5) is 0 Å². The molecule has 0 heterocycles. The summed E-state index contributed by atoms with van der Waals surface area (Å²) in [4.78, 5) is 0. The first-order chi connectivity index (χ1) is 7.35. The molecule has 96 valence electrons. The Bertz CT molecular complexity index is 254. The second kappa shape index (κ2) is 14.2.